The van der Waals surface area contributed by atoms with E-state index in [1.165, 1.54) is 0 Å². The molecule has 0 atom stereocenters. The Morgan fingerprint density at radius 2 is 1.78 bits per heavy atom. The summed E-state index contributed by atoms with van der Waals surface area (Å²) in [7, 11) is 0. The lowest BCUT2D eigenvalue weighted by Gasteiger charge is -2.28. The van der Waals surface area contributed by atoms with Crippen LogP contribution in [0.1, 0.15) is 12.8 Å². The van der Waals surface area contributed by atoms with E-state index in [0.29, 0.717) is 12.8 Å². The molecule has 1 fully saturated rings. The minimum Gasteiger partial charge on any atom is -0.271 e. The smallest absolute Gasteiger partial charge is 0.103 e. The maximum Gasteiger partial charge on any atom is 0.103 e. The maximum absolute atomic E-state index is 11.9. The highest BCUT2D eigenvalue weighted by Gasteiger charge is 2.27. The van der Waals surface area contributed by atoms with Crippen molar-refractivity contribution in [3.8, 4) is 0 Å². The van der Waals surface area contributed by atoms with Crippen molar-refractivity contribution in [2.75, 3.05) is 0 Å². The molecule has 0 aromatic rings. The molecule has 0 spiro atoms. The van der Waals surface area contributed by atoms with Gasteiger partial charge in [0.05, 0.1) is 0 Å². The van der Waals surface area contributed by atoms with Crippen molar-refractivity contribution < 1.29 is 4.39 Å². The van der Waals surface area contributed by atoms with Gasteiger partial charge in [-0.25, -0.2) is 4.39 Å². The van der Waals surface area contributed by atoms with E-state index in [1.807, 2.05) is 0 Å². The van der Waals surface area contributed by atoms with Gasteiger partial charge in [0.15, 0.2) is 0 Å². The molecule has 1 aliphatic rings. The first-order valence-electron chi connectivity index (χ1n) is 2.43. The van der Waals surface area contributed by atoms with E-state index in [2.05, 4.69) is 5.43 Å². The molecule has 1 rings (SSSR count). The molecule has 9 heavy (non-hydrogen) atoms. The zero-order chi connectivity index (χ0) is 5.28. The highest BCUT2D eigenvalue weighted by Crippen LogP contribution is 2.21. The third-order valence-electron chi connectivity index (χ3n) is 1.32. The van der Waals surface area contributed by atoms with Gasteiger partial charge in [0.1, 0.15) is 6.17 Å². The van der Waals surface area contributed by atoms with Crippen molar-refractivity contribution in [2.24, 2.45) is 5.84 Å². The summed E-state index contributed by atoms with van der Waals surface area (Å²) >= 11 is 0. The lowest BCUT2D eigenvalue weighted by molar-refractivity contribution is 0.156. The van der Waals surface area contributed by atoms with Crippen LogP contribution in [0.25, 0.3) is 0 Å². The van der Waals surface area contributed by atoms with Crippen molar-refractivity contribution in [1.29, 1.82) is 0 Å². The predicted octanol–water partition coefficient (Wildman–Crippen LogP) is 0.794. The van der Waals surface area contributed by atoms with Crippen molar-refractivity contribution in [3.05, 3.63) is 0 Å². The molecule has 0 aliphatic heterocycles. The number of nitrogens with two attached hydrogens (primary N) is 1. The molecule has 2 nitrogen and oxygen atoms in total. The number of nitrogens with one attached hydrogen (secondary N) is 1. The van der Waals surface area contributed by atoms with Crippen molar-refractivity contribution in [1.82, 2.24) is 5.43 Å². The summed E-state index contributed by atoms with van der Waals surface area (Å²) in [6.45, 7) is 0. The molecule has 0 bridgehead atoms. The standard InChI is InChI=1S/C4H9FN2.2ClH/c5-3-1-4(2-3)7-6;;/h3-4,7H,1-2,6H2;2*1H. The van der Waals surface area contributed by atoms with Gasteiger partial charge in [-0.3, -0.25) is 11.3 Å². The monoisotopic (exact) mass is 176 g/mol. The summed E-state index contributed by atoms with van der Waals surface area (Å²) in [6, 6.07) is 0.245. The minimum atomic E-state index is -0.596. The normalized spacial score (nSPS) is 31.3. The van der Waals surface area contributed by atoms with E-state index in [9.17, 15) is 4.39 Å². The number of alkyl halides is 1. The lowest BCUT2D eigenvalue weighted by atomic mass is 9.92. The van der Waals surface area contributed by atoms with Crippen LogP contribution in [0.2, 0.25) is 0 Å². The van der Waals surface area contributed by atoms with Gasteiger partial charge in [0.2, 0.25) is 0 Å². The van der Waals surface area contributed by atoms with Gasteiger partial charge in [0, 0.05) is 6.04 Å². The molecule has 58 valence electrons. The highest BCUT2D eigenvalue weighted by atomic mass is 35.5. The summed E-state index contributed by atoms with van der Waals surface area (Å²) in [5, 5.41) is 0. The Morgan fingerprint density at radius 1 is 1.33 bits per heavy atom. The molecular weight excluding hydrogens is 166 g/mol. The Labute approximate surface area is 66.2 Å². The van der Waals surface area contributed by atoms with E-state index in [1.54, 1.807) is 0 Å². The van der Waals surface area contributed by atoms with Crippen molar-refractivity contribution in [2.45, 2.75) is 25.1 Å². The second-order valence-electron chi connectivity index (χ2n) is 1.93. The van der Waals surface area contributed by atoms with E-state index >= 15 is 0 Å². The molecule has 0 aromatic heterocycles. The number of hydrogen-bond donors (Lipinski definition) is 2. The number of hydrogen-bond acceptors (Lipinski definition) is 2. The first kappa shape index (κ1) is 12.1. The lowest BCUT2D eigenvalue weighted by Crippen LogP contribution is -2.45. The Balaban J connectivity index is 0. The highest BCUT2D eigenvalue weighted by molar-refractivity contribution is 5.85. The predicted molar refractivity (Wildman–Crippen MR) is 39.7 cm³/mol. The molecule has 5 heteroatoms. The van der Waals surface area contributed by atoms with Crippen LogP contribution >= 0.6 is 24.8 Å². The summed E-state index contributed by atoms with van der Waals surface area (Å²) in [5.41, 5.74) is 2.49. The molecule has 3 N–H and O–H groups in total. The maximum atomic E-state index is 11.9. The fourth-order valence-electron chi connectivity index (χ4n) is 0.684. The van der Waals surface area contributed by atoms with E-state index in [0.717, 1.165) is 0 Å². The third-order valence-corrected chi connectivity index (χ3v) is 1.32. The Morgan fingerprint density at radius 3 is 1.89 bits per heavy atom. The largest absolute Gasteiger partial charge is 0.271 e. The first-order chi connectivity index (χ1) is 3.33. The van der Waals surface area contributed by atoms with Gasteiger partial charge in [-0.05, 0) is 12.8 Å². The average Bonchev–Trinajstić information content (AvgIpc) is 1.58. The SMILES string of the molecule is Cl.Cl.NNC1CC(F)C1. The van der Waals surface area contributed by atoms with Gasteiger partial charge in [-0.1, -0.05) is 0 Å². The molecule has 1 saturated carbocycles. The number of hydrazine groups is 1. The topological polar surface area (TPSA) is 38.0 Å². The van der Waals surface area contributed by atoms with Gasteiger partial charge in [-0.2, -0.15) is 0 Å². The second kappa shape index (κ2) is 5.23. The van der Waals surface area contributed by atoms with Gasteiger partial charge >= 0.3 is 0 Å². The molecular formula is C4H11Cl2FN2. The molecule has 0 saturated heterocycles. The Kier molecular flexibility index (Phi) is 7.06. The summed E-state index contributed by atoms with van der Waals surface area (Å²) in [5.74, 6) is 4.98. The summed E-state index contributed by atoms with van der Waals surface area (Å²) in [6.07, 6.45) is 0.591. The van der Waals surface area contributed by atoms with Crippen LogP contribution in [0.5, 0.6) is 0 Å². The second-order valence-corrected chi connectivity index (χ2v) is 1.93. The molecule has 0 radical (unpaired) electrons. The average molecular weight is 177 g/mol. The molecule has 0 aromatic carbocycles. The van der Waals surface area contributed by atoms with Gasteiger partial charge in [-0.15, -0.1) is 24.8 Å². The van der Waals surface area contributed by atoms with Gasteiger partial charge in [0.25, 0.3) is 0 Å². The fraction of sp³-hybridized carbons (Fsp3) is 1.00. The Hall–Kier alpha value is 0.430. The van der Waals surface area contributed by atoms with Crippen LogP contribution in [0.15, 0.2) is 0 Å². The fourth-order valence-corrected chi connectivity index (χ4v) is 0.684. The quantitative estimate of drug-likeness (QED) is 0.459. The first-order valence-corrected chi connectivity index (χ1v) is 2.43. The molecule has 0 heterocycles. The van der Waals surface area contributed by atoms with Crippen molar-refractivity contribution in [3.63, 3.8) is 0 Å². The molecule has 1 aliphatic carbocycles. The molecule has 0 amide bonds. The minimum absolute atomic E-state index is 0. The number of rotatable bonds is 1. The molecule has 0 unspecified atom stereocenters. The Bertz CT molecular complexity index is 67.6. The summed E-state index contributed by atoms with van der Waals surface area (Å²) < 4.78 is 11.9. The van der Waals surface area contributed by atoms with Crippen LogP contribution in [-0.4, -0.2) is 12.2 Å². The van der Waals surface area contributed by atoms with E-state index in [-0.39, 0.29) is 30.9 Å². The van der Waals surface area contributed by atoms with Crippen LogP contribution in [0.3, 0.4) is 0 Å². The van der Waals surface area contributed by atoms with Crippen molar-refractivity contribution >= 4 is 24.8 Å². The van der Waals surface area contributed by atoms with Crippen LogP contribution in [0, 0.1) is 0 Å². The summed E-state index contributed by atoms with van der Waals surface area (Å²) in [4.78, 5) is 0. The zero-order valence-corrected chi connectivity index (χ0v) is 6.47. The zero-order valence-electron chi connectivity index (χ0n) is 4.84. The third kappa shape index (κ3) is 3.20. The van der Waals surface area contributed by atoms with Crippen LogP contribution < -0.4 is 11.3 Å². The van der Waals surface area contributed by atoms with E-state index in [4.69, 9.17) is 5.84 Å². The number of halogens is 3. The van der Waals surface area contributed by atoms with E-state index < -0.39 is 6.17 Å². The van der Waals surface area contributed by atoms with Crippen LogP contribution in [-0.2, 0) is 0 Å². The van der Waals surface area contributed by atoms with Crippen LogP contribution in [0.4, 0.5) is 4.39 Å². The van der Waals surface area contributed by atoms with Gasteiger partial charge < -0.3 is 0 Å².